The molecule has 0 bridgehead atoms. The molecule has 5 heteroatoms. The van der Waals surface area contributed by atoms with Crippen LogP contribution in [0.1, 0.15) is 45.4 Å². The van der Waals surface area contributed by atoms with Gasteiger partial charge in [-0.15, -0.1) is 5.43 Å². The number of hydrogen-bond donors (Lipinski definition) is 1. The van der Waals surface area contributed by atoms with Crippen LogP contribution in [0.4, 0.5) is 4.39 Å². The van der Waals surface area contributed by atoms with Gasteiger partial charge in [-0.2, -0.15) is 0 Å². The Morgan fingerprint density at radius 1 is 1.20 bits per heavy atom. The number of rotatable bonds is 7. The molecule has 4 nitrogen and oxygen atoms in total. The molecule has 0 aromatic heterocycles. The van der Waals surface area contributed by atoms with Gasteiger partial charge in [0.05, 0.1) is 6.67 Å². The van der Waals surface area contributed by atoms with E-state index in [9.17, 15) is 14.0 Å². The summed E-state index contributed by atoms with van der Waals surface area (Å²) in [5.41, 5.74) is 5.57. The molecule has 15 heavy (non-hydrogen) atoms. The first-order chi connectivity index (χ1) is 7.20. The number of hydrogen-bond acceptors (Lipinski definition) is 2. The van der Waals surface area contributed by atoms with Gasteiger partial charge in [-0.25, -0.2) is 5.43 Å². The third-order valence-electron chi connectivity index (χ3n) is 1.84. The van der Waals surface area contributed by atoms with Gasteiger partial charge in [-0.05, 0) is 19.3 Å². The van der Waals surface area contributed by atoms with E-state index in [1.54, 1.807) is 0 Å². The summed E-state index contributed by atoms with van der Waals surface area (Å²) in [6.45, 7) is 1.56. The van der Waals surface area contributed by atoms with E-state index in [1.807, 2.05) is 6.92 Å². The topological polar surface area (TPSA) is 60.3 Å². The van der Waals surface area contributed by atoms with E-state index in [1.165, 1.54) is 0 Å². The van der Waals surface area contributed by atoms with Crippen molar-refractivity contribution in [3.8, 4) is 0 Å². The Balaban J connectivity index is 3.40. The number of nitrogens with zero attached hydrogens (tertiary/aromatic N) is 1. The maximum Gasteiger partial charge on any atom is 0.262 e. The normalized spacial score (nSPS) is 9.73. The van der Waals surface area contributed by atoms with E-state index in [0.717, 1.165) is 12.8 Å². The summed E-state index contributed by atoms with van der Waals surface area (Å²) >= 11 is 0. The molecule has 0 saturated carbocycles. The lowest BCUT2D eigenvalue weighted by atomic mass is 10.2. The van der Waals surface area contributed by atoms with Crippen molar-refractivity contribution in [1.29, 1.82) is 0 Å². The minimum Gasteiger partial charge on any atom is -0.273 e. The van der Waals surface area contributed by atoms with Gasteiger partial charge in [0.1, 0.15) is 0 Å². The van der Waals surface area contributed by atoms with Crippen LogP contribution in [-0.4, -0.2) is 18.5 Å². The molecule has 0 heterocycles. The largest absolute Gasteiger partial charge is 0.273 e. The lowest BCUT2D eigenvalue weighted by Crippen LogP contribution is -2.35. The van der Waals surface area contributed by atoms with Crippen LogP contribution in [0.5, 0.6) is 0 Å². The highest BCUT2D eigenvalue weighted by molar-refractivity contribution is 5.81. The molecule has 0 aliphatic rings. The molecular weight excluding hydrogens is 199 g/mol. The van der Waals surface area contributed by atoms with Crippen LogP contribution in [-0.2, 0) is 9.59 Å². The van der Waals surface area contributed by atoms with Crippen LogP contribution in [0, 0.1) is 0 Å². The number of carbonyl (C=O) groups excluding carboxylic acids is 2. The second-order valence-corrected chi connectivity index (χ2v) is 3.29. The molecule has 0 aliphatic heterocycles. The number of halogens is 1. The summed E-state index contributed by atoms with van der Waals surface area (Å²) in [6.07, 6.45) is 3.14. The van der Waals surface area contributed by atoms with Crippen molar-refractivity contribution in [3.63, 3.8) is 0 Å². The first kappa shape index (κ1) is 13.9. The molecule has 1 radical (unpaired) electrons. The van der Waals surface area contributed by atoms with Crippen molar-refractivity contribution >= 4 is 11.8 Å². The lowest BCUT2D eigenvalue weighted by molar-refractivity contribution is -0.129. The molecule has 0 saturated heterocycles. The van der Waals surface area contributed by atoms with Crippen molar-refractivity contribution in [1.82, 2.24) is 10.9 Å². The van der Waals surface area contributed by atoms with Crippen LogP contribution < -0.4 is 10.9 Å². The molecule has 0 atom stereocenters. The molecule has 0 unspecified atom stereocenters. The van der Waals surface area contributed by atoms with Gasteiger partial charge in [0, 0.05) is 12.8 Å². The number of amides is 2. The third kappa shape index (κ3) is 9.18. The smallest absolute Gasteiger partial charge is 0.262 e. The molecule has 2 amide bonds. The molecule has 0 aliphatic carbocycles. The summed E-state index contributed by atoms with van der Waals surface area (Å²) in [6, 6.07) is 0. The van der Waals surface area contributed by atoms with Crippen LogP contribution >= 0.6 is 0 Å². The summed E-state index contributed by atoms with van der Waals surface area (Å²) in [5.74, 6) is -0.635. The maximum atomic E-state index is 11.7. The standard InChI is InChI=1S/C10H18FN2O2/c1-2-3-6-9(14)12-13-10(15)7-4-5-8-11/h2-8H2,1H3,(H,13,15). The van der Waals surface area contributed by atoms with Crippen LogP contribution in [0.25, 0.3) is 0 Å². The first-order valence-electron chi connectivity index (χ1n) is 5.29. The predicted octanol–water partition coefficient (Wildman–Crippen LogP) is 1.48. The van der Waals surface area contributed by atoms with E-state index in [2.05, 4.69) is 10.9 Å². The molecule has 0 aromatic carbocycles. The van der Waals surface area contributed by atoms with Gasteiger partial charge >= 0.3 is 0 Å². The van der Waals surface area contributed by atoms with Crippen molar-refractivity contribution in [2.45, 2.75) is 45.4 Å². The van der Waals surface area contributed by atoms with Crippen molar-refractivity contribution in [2.24, 2.45) is 0 Å². The van der Waals surface area contributed by atoms with Gasteiger partial charge < -0.3 is 0 Å². The van der Waals surface area contributed by atoms with Gasteiger partial charge in [-0.1, -0.05) is 13.3 Å². The van der Waals surface area contributed by atoms with E-state index < -0.39 is 6.67 Å². The minimum atomic E-state index is -0.417. The van der Waals surface area contributed by atoms with E-state index >= 15 is 0 Å². The monoisotopic (exact) mass is 217 g/mol. The summed E-state index contributed by atoms with van der Waals surface area (Å²) < 4.78 is 11.7. The minimum absolute atomic E-state index is 0.217. The number of nitrogens with one attached hydrogen (secondary N) is 1. The fourth-order valence-electron chi connectivity index (χ4n) is 0.945. The molecule has 0 rings (SSSR count). The summed E-state index contributed by atoms with van der Waals surface area (Å²) in [4.78, 5) is 22.0. The Bertz CT molecular complexity index is 198. The van der Waals surface area contributed by atoms with Crippen molar-refractivity contribution < 1.29 is 14.0 Å². The van der Waals surface area contributed by atoms with Crippen LogP contribution in [0.15, 0.2) is 0 Å². The molecular formula is C10H18FN2O2. The van der Waals surface area contributed by atoms with Crippen LogP contribution in [0.3, 0.4) is 0 Å². The fourth-order valence-corrected chi connectivity index (χ4v) is 0.945. The summed E-state index contributed by atoms with van der Waals surface area (Å²) in [7, 11) is 0. The quantitative estimate of drug-likeness (QED) is 0.518. The molecule has 1 N–H and O–H groups in total. The number of unbranched alkanes of at least 4 members (excludes halogenated alkanes) is 2. The second kappa shape index (κ2) is 9.43. The summed E-state index contributed by atoms with van der Waals surface area (Å²) in [5, 5.41) is 0. The second-order valence-electron chi connectivity index (χ2n) is 3.29. The van der Waals surface area contributed by atoms with E-state index in [4.69, 9.17) is 0 Å². The number of alkyl halides is 1. The van der Waals surface area contributed by atoms with Gasteiger partial charge in [0.2, 0.25) is 5.91 Å². The van der Waals surface area contributed by atoms with Gasteiger partial charge in [0.25, 0.3) is 5.91 Å². The third-order valence-corrected chi connectivity index (χ3v) is 1.84. The van der Waals surface area contributed by atoms with E-state index in [0.29, 0.717) is 19.3 Å². The highest BCUT2D eigenvalue weighted by Crippen LogP contribution is 1.96. The highest BCUT2D eigenvalue weighted by atomic mass is 19.1. The first-order valence-corrected chi connectivity index (χ1v) is 5.29. The SMILES string of the molecule is CCCCC(=O)[N]NC(=O)CCCCF. The Morgan fingerprint density at radius 2 is 1.93 bits per heavy atom. The molecule has 0 aromatic rings. The Morgan fingerprint density at radius 3 is 2.53 bits per heavy atom. The average molecular weight is 217 g/mol. The van der Waals surface area contributed by atoms with Crippen molar-refractivity contribution in [3.05, 3.63) is 0 Å². The fraction of sp³-hybridized carbons (Fsp3) is 0.800. The maximum absolute atomic E-state index is 11.7. The zero-order valence-electron chi connectivity index (χ0n) is 9.09. The average Bonchev–Trinajstić information content (AvgIpc) is 2.24. The Kier molecular flexibility index (Phi) is 8.72. The van der Waals surface area contributed by atoms with Crippen LogP contribution in [0.2, 0.25) is 0 Å². The van der Waals surface area contributed by atoms with Gasteiger partial charge in [0.15, 0.2) is 0 Å². The Labute approximate surface area is 89.6 Å². The van der Waals surface area contributed by atoms with Gasteiger partial charge in [-0.3, -0.25) is 14.0 Å². The molecule has 0 spiro atoms. The van der Waals surface area contributed by atoms with E-state index in [-0.39, 0.29) is 18.2 Å². The molecule has 0 fully saturated rings. The zero-order chi connectivity index (χ0) is 11.5. The number of carbonyl (C=O) groups is 2. The van der Waals surface area contributed by atoms with Crippen molar-refractivity contribution in [2.75, 3.05) is 6.67 Å². The Hall–Kier alpha value is -1.13. The lowest BCUT2D eigenvalue weighted by Gasteiger charge is -2.02. The predicted molar refractivity (Wildman–Crippen MR) is 54.6 cm³/mol. The zero-order valence-corrected chi connectivity index (χ0v) is 9.09. The molecule has 87 valence electrons. The highest BCUT2D eigenvalue weighted by Gasteiger charge is 2.05.